The van der Waals surface area contributed by atoms with Crippen molar-refractivity contribution in [3.8, 4) is 5.75 Å². The number of nitrogens with zero attached hydrogens (tertiary/aromatic N) is 2. The zero-order chi connectivity index (χ0) is 18.4. The maximum atomic E-state index is 12.8. The molecule has 0 spiro atoms. The fourth-order valence-electron chi connectivity index (χ4n) is 2.57. The molecule has 6 heteroatoms. The number of rotatable bonds is 6. The van der Waals surface area contributed by atoms with Crippen LogP contribution in [0, 0.1) is 0 Å². The molecular weight excluding hydrogens is 340 g/mol. The standard InChI is InChI=1S/C19H21ClN2O3/c1-4-21(16-8-6-5-7-9-16)19(24)13-22(14(2)23)17-12-15(20)10-11-18(17)25-3/h5-12H,4,13H2,1-3H3. The van der Waals surface area contributed by atoms with E-state index < -0.39 is 0 Å². The number of benzene rings is 2. The Morgan fingerprint density at radius 1 is 1.08 bits per heavy atom. The van der Waals surface area contributed by atoms with Crippen LogP contribution in [0.3, 0.4) is 0 Å². The van der Waals surface area contributed by atoms with E-state index in [0.717, 1.165) is 5.69 Å². The van der Waals surface area contributed by atoms with Crippen molar-refractivity contribution >= 4 is 34.8 Å². The van der Waals surface area contributed by atoms with E-state index in [2.05, 4.69) is 0 Å². The fourth-order valence-corrected chi connectivity index (χ4v) is 2.74. The van der Waals surface area contributed by atoms with Crippen LogP contribution in [-0.4, -0.2) is 32.0 Å². The number of para-hydroxylation sites is 1. The average molecular weight is 361 g/mol. The third-order valence-corrected chi connectivity index (χ3v) is 4.03. The quantitative estimate of drug-likeness (QED) is 0.788. The Bertz CT molecular complexity index is 750. The largest absolute Gasteiger partial charge is 0.495 e. The monoisotopic (exact) mass is 360 g/mol. The van der Waals surface area contributed by atoms with Gasteiger partial charge in [0.05, 0.1) is 12.8 Å². The lowest BCUT2D eigenvalue weighted by molar-refractivity contribution is -0.121. The van der Waals surface area contributed by atoms with Crippen molar-refractivity contribution in [2.75, 3.05) is 30.0 Å². The highest BCUT2D eigenvalue weighted by Crippen LogP contribution is 2.31. The molecule has 0 N–H and O–H groups in total. The highest BCUT2D eigenvalue weighted by molar-refractivity contribution is 6.31. The van der Waals surface area contributed by atoms with E-state index in [1.54, 1.807) is 23.1 Å². The van der Waals surface area contributed by atoms with Crippen LogP contribution in [0.25, 0.3) is 0 Å². The molecule has 0 radical (unpaired) electrons. The second kappa shape index (κ2) is 8.53. The molecule has 2 amide bonds. The molecule has 0 saturated carbocycles. The van der Waals surface area contributed by atoms with Gasteiger partial charge in [0.2, 0.25) is 11.8 Å². The first-order valence-corrected chi connectivity index (χ1v) is 8.32. The first-order chi connectivity index (χ1) is 12.0. The van der Waals surface area contributed by atoms with Gasteiger partial charge in [0.25, 0.3) is 0 Å². The third-order valence-electron chi connectivity index (χ3n) is 3.79. The SMILES string of the molecule is CCN(C(=O)CN(C(C)=O)c1cc(Cl)ccc1OC)c1ccccc1. The predicted octanol–water partition coefficient (Wildman–Crippen LogP) is 3.75. The lowest BCUT2D eigenvalue weighted by atomic mass is 10.2. The Labute approximate surface area is 152 Å². The van der Waals surface area contributed by atoms with E-state index in [1.165, 1.54) is 18.9 Å². The zero-order valence-electron chi connectivity index (χ0n) is 14.5. The van der Waals surface area contributed by atoms with Crippen LogP contribution in [0.4, 0.5) is 11.4 Å². The van der Waals surface area contributed by atoms with Gasteiger partial charge in [0, 0.05) is 24.2 Å². The highest BCUT2D eigenvalue weighted by atomic mass is 35.5. The predicted molar refractivity (Wildman–Crippen MR) is 101 cm³/mol. The summed E-state index contributed by atoms with van der Waals surface area (Å²) in [4.78, 5) is 28.0. The maximum Gasteiger partial charge on any atom is 0.247 e. The molecule has 5 nitrogen and oxygen atoms in total. The van der Waals surface area contributed by atoms with Crippen molar-refractivity contribution in [3.05, 3.63) is 53.6 Å². The Morgan fingerprint density at radius 2 is 1.76 bits per heavy atom. The number of carbonyl (C=O) groups is 2. The summed E-state index contributed by atoms with van der Waals surface area (Å²) in [6.07, 6.45) is 0. The van der Waals surface area contributed by atoms with Crippen LogP contribution in [0.1, 0.15) is 13.8 Å². The fraction of sp³-hybridized carbons (Fsp3) is 0.263. The number of hydrogen-bond donors (Lipinski definition) is 0. The molecule has 2 aromatic carbocycles. The van der Waals surface area contributed by atoms with Gasteiger partial charge < -0.3 is 9.64 Å². The highest BCUT2D eigenvalue weighted by Gasteiger charge is 2.23. The van der Waals surface area contributed by atoms with Gasteiger partial charge in [-0.05, 0) is 37.3 Å². The van der Waals surface area contributed by atoms with Gasteiger partial charge >= 0.3 is 0 Å². The van der Waals surface area contributed by atoms with Crippen LogP contribution >= 0.6 is 11.6 Å². The molecule has 0 aromatic heterocycles. The molecule has 25 heavy (non-hydrogen) atoms. The molecule has 0 aliphatic rings. The summed E-state index contributed by atoms with van der Waals surface area (Å²) in [5.41, 5.74) is 1.26. The molecule has 2 rings (SSSR count). The lowest BCUT2D eigenvalue weighted by Gasteiger charge is -2.27. The molecule has 2 aromatic rings. The van der Waals surface area contributed by atoms with Crippen molar-refractivity contribution in [1.29, 1.82) is 0 Å². The number of methoxy groups -OCH3 is 1. The lowest BCUT2D eigenvalue weighted by Crippen LogP contribution is -2.42. The number of likely N-dealkylation sites (N-methyl/N-ethyl adjacent to an activating group) is 1. The number of hydrogen-bond acceptors (Lipinski definition) is 3. The Balaban J connectivity index is 2.32. The number of amides is 2. The second-order valence-electron chi connectivity index (χ2n) is 5.39. The van der Waals surface area contributed by atoms with Crippen molar-refractivity contribution in [3.63, 3.8) is 0 Å². The number of carbonyl (C=O) groups excluding carboxylic acids is 2. The van der Waals surface area contributed by atoms with Gasteiger partial charge in [-0.25, -0.2) is 0 Å². The third kappa shape index (κ3) is 4.51. The molecule has 0 saturated heterocycles. The minimum absolute atomic E-state index is 0.102. The normalized spacial score (nSPS) is 10.2. The van der Waals surface area contributed by atoms with Gasteiger partial charge in [0.1, 0.15) is 12.3 Å². The topological polar surface area (TPSA) is 49.9 Å². The first-order valence-electron chi connectivity index (χ1n) is 7.95. The van der Waals surface area contributed by atoms with Gasteiger partial charge in [-0.3, -0.25) is 14.5 Å². The van der Waals surface area contributed by atoms with Crippen molar-refractivity contribution in [2.45, 2.75) is 13.8 Å². The van der Waals surface area contributed by atoms with E-state index in [-0.39, 0.29) is 18.4 Å². The summed E-state index contributed by atoms with van der Waals surface area (Å²) < 4.78 is 5.31. The summed E-state index contributed by atoms with van der Waals surface area (Å²) >= 11 is 6.06. The summed E-state index contributed by atoms with van der Waals surface area (Å²) in [5.74, 6) is 0.0270. The summed E-state index contributed by atoms with van der Waals surface area (Å²) in [7, 11) is 1.51. The van der Waals surface area contributed by atoms with Gasteiger partial charge in [-0.2, -0.15) is 0 Å². The van der Waals surface area contributed by atoms with Crippen LogP contribution < -0.4 is 14.5 Å². The van der Waals surface area contributed by atoms with Crippen molar-refractivity contribution < 1.29 is 14.3 Å². The van der Waals surface area contributed by atoms with Crippen molar-refractivity contribution in [1.82, 2.24) is 0 Å². The van der Waals surface area contributed by atoms with E-state index in [1.807, 2.05) is 37.3 Å². The second-order valence-corrected chi connectivity index (χ2v) is 5.83. The molecule has 0 aliphatic heterocycles. The zero-order valence-corrected chi connectivity index (χ0v) is 15.3. The summed E-state index contributed by atoms with van der Waals surface area (Å²) in [6, 6.07) is 14.3. The summed E-state index contributed by atoms with van der Waals surface area (Å²) in [6.45, 7) is 3.70. The molecule has 132 valence electrons. The maximum absolute atomic E-state index is 12.8. The van der Waals surface area contributed by atoms with Gasteiger partial charge in [-0.1, -0.05) is 29.8 Å². The molecule has 0 aliphatic carbocycles. The average Bonchev–Trinajstić information content (AvgIpc) is 2.61. The van der Waals surface area contributed by atoms with Gasteiger partial charge in [-0.15, -0.1) is 0 Å². The molecule has 0 atom stereocenters. The number of anilines is 2. The minimum Gasteiger partial charge on any atom is -0.495 e. The minimum atomic E-state index is -0.266. The van der Waals surface area contributed by atoms with E-state index >= 15 is 0 Å². The molecule has 0 heterocycles. The van der Waals surface area contributed by atoms with Crippen LogP contribution in [0.15, 0.2) is 48.5 Å². The van der Waals surface area contributed by atoms with Crippen LogP contribution in [0.5, 0.6) is 5.75 Å². The van der Waals surface area contributed by atoms with Crippen molar-refractivity contribution in [2.24, 2.45) is 0 Å². The number of halogens is 1. The Kier molecular flexibility index (Phi) is 6.42. The Morgan fingerprint density at radius 3 is 2.32 bits per heavy atom. The molecular formula is C19H21ClN2O3. The molecule has 0 fully saturated rings. The molecule has 0 bridgehead atoms. The molecule has 0 unspecified atom stereocenters. The summed E-state index contributed by atoms with van der Waals surface area (Å²) in [5, 5.41) is 0.463. The van der Waals surface area contributed by atoms with Crippen LogP contribution in [0.2, 0.25) is 5.02 Å². The van der Waals surface area contributed by atoms with E-state index in [9.17, 15) is 9.59 Å². The van der Waals surface area contributed by atoms with E-state index in [4.69, 9.17) is 16.3 Å². The number of ether oxygens (including phenoxy) is 1. The van der Waals surface area contributed by atoms with Crippen LogP contribution in [-0.2, 0) is 9.59 Å². The Hall–Kier alpha value is -2.53. The van der Waals surface area contributed by atoms with E-state index in [0.29, 0.717) is 23.0 Å². The van der Waals surface area contributed by atoms with Gasteiger partial charge in [0.15, 0.2) is 0 Å². The first kappa shape index (κ1) is 18.8. The smallest absolute Gasteiger partial charge is 0.247 e.